The SMILES string of the molecule is CCCN(CCN(C)C)CC1(C)CCNC1. The standard InChI is InChI=1S/C13H29N3/c1-5-8-16(10-9-15(3)4)12-13(2)6-7-14-11-13/h14H,5-12H2,1-4H3. The van der Waals surface area contributed by atoms with Gasteiger partial charge in [0.05, 0.1) is 0 Å². The van der Waals surface area contributed by atoms with Gasteiger partial charge in [-0.05, 0) is 45.4 Å². The maximum absolute atomic E-state index is 3.49. The first-order valence-corrected chi connectivity index (χ1v) is 6.63. The summed E-state index contributed by atoms with van der Waals surface area (Å²) in [5.74, 6) is 0. The topological polar surface area (TPSA) is 18.5 Å². The summed E-state index contributed by atoms with van der Waals surface area (Å²) >= 11 is 0. The van der Waals surface area contributed by atoms with E-state index in [-0.39, 0.29) is 0 Å². The molecule has 1 aliphatic rings. The minimum Gasteiger partial charge on any atom is -0.316 e. The fourth-order valence-electron chi connectivity index (χ4n) is 2.47. The van der Waals surface area contributed by atoms with Gasteiger partial charge in [0, 0.05) is 26.2 Å². The number of nitrogens with one attached hydrogen (secondary N) is 1. The molecule has 1 N–H and O–H groups in total. The molecule has 1 unspecified atom stereocenters. The van der Waals surface area contributed by atoms with Gasteiger partial charge in [-0.2, -0.15) is 0 Å². The van der Waals surface area contributed by atoms with Gasteiger partial charge in [0.1, 0.15) is 0 Å². The van der Waals surface area contributed by atoms with Crippen molar-refractivity contribution in [2.24, 2.45) is 5.41 Å². The van der Waals surface area contributed by atoms with Crippen LogP contribution >= 0.6 is 0 Å². The predicted molar refractivity (Wildman–Crippen MR) is 70.9 cm³/mol. The van der Waals surface area contributed by atoms with Gasteiger partial charge in [0.25, 0.3) is 0 Å². The molecule has 0 aromatic carbocycles. The Bertz CT molecular complexity index is 186. The maximum Gasteiger partial charge on any atom is 0.0109 e. The number of nitrogens with zero attached hydrogens (tertiary/aromatic N) is 2. The molecule has 0 bridgehead atoms. The summed E-state index contributed by atoms with van der Waals surface area (Å²) < 4.78 is 0. The molecule has 1 atom stereocenters. The van der Waals surface area contributed by atoms with E-state index in [0.29, 0.717) is 5.41 Å². The zero-order valence-corrected chi connectivity index (χ0v) is 11.6. The van der Waals surface area contributed by atoms with Gasteiger partial charge in [0.2, 0.25) is 0 Å². The van der Waals surface area contributed by atoms with Gasteiger partial charge in [-0.1, -0.05) is 13.8 Å². The molecule has 1 heterocycles. The van der Waals surface area contributed by atoms with E-state index in [9.17, 15) is 0 Å². The van der Waals surface area contributed by atoms with Crippen LogP contribution in [0, 0.1) is 5.41 Å². The van der Waals surface area contributed by atoms with E-state index in [1.54, 1.807) is 0 Å². The lowest BCUT2D eigenvalue weighted by molar-refractivity contribution is 0.165. The average Bonchev–Trinajstić information content (AvgIpc) is 2.62. The van der Waals surface area contributed by atoms with E-state index < -0.39 is 0 Å². The van der Waals surface area contributed by atoms with Crippen LogP contribution in [0.15, 0.2) is 0 Å². The summed E-state index contributed by atoms with van der Waals surface area (Å²) in [6.45, 7) is 12.0. The molecule has 3 heteroatoms. The molecule has 1 fully saturated rings. The Labute approximate surface area is 101 Å². The van der Waals surface area contributed by atoms with Gasteiger partial charge in [0.15, 0.2) is 0 Å². The zero-order valence-electron chi connectivity index (χ0n) is 11.6. The minimum atomic E-state index is 0.501. The lowest BCUT2D eigenvalue weighted by Gasteiger charge is -2.32. The predicted octanol–water partition coefficient (Wildman–Crippen LogP) is 1.26. The maximum atomic E-state index is 3.49. The van der Waals surface area contributed by atoms with Crippen LogP contribution in [0.4, 0.5) is 0 Å². The molecule has 3 nitrogen and oxygen atoms in total. The van der Waals surface area contributed by atoms with Crippen LogP contribution < -0.4 is 5.32 Å². The molecule has 0 saturated carbocycles. The summed E-state index contributed by atoms with van der Waals surface area (Å²) in [4.78, 5) is 4.91. The second-order valence-corrected chi connectivity index (χ2v) is 5.82. The Morgan fingerprint density at radius 1 is 1.19 bits per heavy atom. The van der Waals surface area contributed by atoms with Gasteiger partial charge in [-0.25, -0.2) is 0 Å². The Hall–Kier alpha value is -0.120. The van der Waals surface area contributed by atoms with Gasteiger partial charge in [-0.15, -0.1) is 0 Å². The Morgan fingerprint density at radius 3 is 2.44 bits per heavy atom. The Kier molecular flexibility index (Phi) is 5.73. The molecule has 0 aliphatic carbocycles. The van der Waals surface area contributed by atoms with Crippen LogP contribution in [0.5, 0.6) is 0 Å². The molecule has 0 amide bonds. The van der Waals surface area contributed by atoms with E-state index in [1.165, 1.54) is 52.1 Å². The summed E-state index contributed by atoms with van der Waals surface area (Å²) in [6, 6.07) is 0. The molecule has 0 aromatic rings. The van der Waals surface area contributed by atoms with Crippen molar-refractivity contribution >= 4 is 0 Å². The largest absolute Gasteiger partial charge is 0.316 e. The van der Waals surface area contributed by atoms with Crippen molar-refractivity contribution in [3.8, 4) is 0 Å². The first-order chi connectivity index (χ1) is 7.56. The first kappa shape index (κ1) is 13.9. The Morgan fingerprint density at radius 2 is 1.94 bits per heavy atom. The number of hydrogen-bond acceptors (Lipinski definition) is 3. The fourth-order valence-corrected chi connectivity index (χ4v) is 2.47. The number of rotatable bonds is 7. The molecule has 1 aliphatic heterocycles. The van der Waals surface area contributed by atoms with Crippen LogP contribution in [0.2, 0.25) is 0 Å². The van der Waals surface area contributed by atoms with Crippen LogP contribution in [0.25, 0.3) is 0 Å². The lowest BCUT2D eigenvalue weighted by atomic mass is 9.89. The summed E-state index contributed by atoms with van der Waals surface area (Å²) in [7, 11) is 4.31. The highest BCUT2D eigenvalue weighted by atomic mass is 15.2. The van der Waals surface area contributed by atoms with Gasteiger partial charge >= 0.3 is 0 Å². The molecule has 0 aromatic heterocycles. The van der Waals surface area contributed by atoms with Gasteiger partial charge in [-0.3, -0.25) is 0 Å². The average molecular weight is 227 g/mol. The zero-order chi connectivity index (χ0) is 12.0. The third-order valence-corrected chi connectivity index (χ3v) is 3.47. The molecule has 0 spiro atoms. The van der Waals surface area contributed by atoms with E-state index in [4.69, 9.17) is 0 Å². The minimum absolute atomic E-state index is 0.501. The van der Waals surface area contributed by atoms with Crippen LogP contribution in [-0.4, -0.2) is 63.2 Å². The normalized spacial score (nSPS) is 25.9. The van der Waals surface area contributed by atoms with Crippen LogP contribution in [-0.2, 0) is 0 Å². The highest BCUT2D eigenvalue weighted by Gasteiger charge is 2.30. The molecule has 1 rings (SSSR count). The van der Waals surface area contributed by atoms with Crippen molar-refractivity contribution in [1.82, 2.24) is 15.1 Å². The van der Waals surface area contributed by atoms with Crippen molar-refractivity contribution in [3.63, 3.8) is 0 Å². The van der Waals surface area contributed by atoms with E-state index in [0.717, 1.165) is 0 Å². The van der Waals surface area contributed by atoms with E-state index in [2.05, 4.69) is 43.1 Å². The molecule has 96 valence electrons. The molecule has 16 heavy (non-hydrogen) atoms. The number of hydrogen-bond donors (Lipinski definition) is 1. The lowest BCUT2D eigenvalue weighted by Crippen LogP contribution is -2.41. The summed E-state index contributed by atoms with van der Waals surface area (Å²) in [5, 5.41) is 3.49. The van der Waals surface area contributed by atoms with Crippen LogP contribution in [0.3, 0.4) is 0 Å². The summed E-state index contributed by atoms with van der Waals surface area (Å²) in [6.07, 6.45) is 2.59. The van der Waals surface area contributed by atoms with Crippen LogP contribution in [0.1, 0.15) is 26.7 Å². The Balaban J connectivity index is 2.37. The highest BCUT2D eigenvalue weighted by Crippen LogP contribution is 2.25. The monoisotopic (exact) mass is 227 g/mol. The molecular weight excluding hydrogens is 198 g/mol. The van der Waals surface area contributed by atoms with Crippen molar-refractivity contribution in [2.45, 2.75) is 26.7 Å². The second-order valence-electron chi connectivity index (χ2n) is 5.82. The van der Waals surface area contributed by atoms with Crippen molar-refractivity contribution in [2.75, 3.05) is 53.4 Å². The quantitative estimate of drug-likeness (QED) is 0.706. The van der Waals surface area contributed by atoms with E-state index in [1.807, 2.05) is 0 Å². The molecule has 1 saturated heterocycles. The smallest absolute Gasteiger partial charge is 0.0109 e. The van der Waals surface area contributed by atoms with E-state index >= 15 is 0 Å². The molecular formula is C13H29N3. The first-order valence-electron chi connectivity index (χ1n) is 6.63. The fraction of sp³-hybridized carbons (Fsp3) is 1.00. The van der Waals surface area contributed by atoms with Crippen molar-refractivity contribution in [1.29, 1.82) is 0 Å². The van der Waals surface area contributed by atoms with Crippen molar-refractivity contribution < 1.29 is 0 Å². The highest BCUT2D eigenvalue weighted by molar-refractivity contribution is 4.86. The second kappa shape index (κ2) is 6.58. The van der Waals surface area contributed by atoms with Crippen molar-refractivity contribution in [3.05, 3.63) is 0 Å². The number of likely N-dealkylation sites (N-methyl/N-ethyl adjacent to an activating group) is 1. The van der Waals surface area contributed by atoms with Gasteiger partial charge < -0.3 is 15.1 Å². The molecule has 0 radical (unpaired) electrons. The third kappa shape index (κ3) is 4.81. The third-order valence-electron chi connectivity index (χ3n) is 3.47. The summed E-state index contributed by atoms with van der Waals surface area (Å²) in [5.41, 5.74) is 0.501.